The van der Waals surface area contributed by atoms with Gasteiger partial charge in [-0.25, -0.2) is 0 Å². The van der Waals surface area contributed by atoms with Crippen molar-refractivity contribution in [3.63, 3.8) is 0 Å². The molecule has 0 saturated carbocycles. The topological polar surface area (TPSA) is 38.4 Å². The molecule has 0 aromatic rings. The van der Waals surface area contributed by atoms with Gasteiger partial charge >= 0.3 is 0 Å². The van der Waals surface area contributed by atoms with Gasteiger partial charge in [0.05, 0.1) is 0 Å². The first-order valence-corrected chi connectivity index (χ1v) is 3.46. The zero-order valence-electron chi connectivity index (χ0n) is 6.17. The van der Waals surface area contributed by atoms with E-state index in [1.165, 1.54) is 0 Å². The molecule has 2 N–H and O–H groups in total. The number of allylic oxidation sites excluding steroid dienone is 2. The van der Waals surface area contributed by atoms with Gasteiger partial charge in [0.2, 0.25) is 0 Å². The number of rotatable bonds is 1. The van der Waals surface area contributed by atoms with Crippen LogP contribution in [0.25, 0.3) is 0 Å². The van der Waals surface area contributed by atoms with Gasteiger partial charge in [-0.05, 0) is 13.3 Å². The van der Waals surface area contributed by atoms with E-state index in [1.807, 2.05) is 19.2 Å². The van der Waals surface area contributed by atoms with Crippen LogP contribution >= 0.6 is 0 Å². The molecule has 2 nitrogen and oxygen atoms in total. The molecule has 0 amide bonds. The van der Waals surface area contributed by atoms with Crippen molar-refractivity contribution in [2.75, 3.05) is 6.54 Å². The van der Waals surface area contributed by atoms with E-state index in [1.54, 1.807) is 0 Å². The molecule has 2 heteroatoms. The Morgan fingerprint density at radius 1 is 1.80 bits per heavy atom. The molecule has 1 aliphatic rings. The predicted molar refractivity (Wildman–Crippen MR) is 44.0 cm³/mol. The second kappa shape index (κ2) is 3.20. The smallest absolute Gasteiger partial charge is 0.0424 e. The molecule has 0 bridgehead atoms. The number of aliphatic imine (C=N–C) groups is 1. The van der Waals surface area contributed by atoms with Crippen LogP contribution in [0.3, 0.4) is 0 Å². The van der Waals surface area contributed by atoms with Crippen LogP contribution in [0.1, 0.15) is 13.3 Å². The molecule has 0 atom stereocenters. The first-order valence-electron chi connectivity index (χ1n) is 3.46. The first kappa shape index (κ1) is 7.06. The molecule has 0 spiro atoms. The fraction of sp³-hybridized carbons (Fsp3) is 0.375. The summed E-state index contributed by atoms with van der Waals surface area (Å²) in [6.07, 6.45) is 6.85. The Labute approximate surface area is 61.1 Å². The van der Waals surface area contributed by atoms with Crippen molar-refractivity contribution in [1.82, 2.24) is 0 Å². The fourth-order valence-electron chi connectivity index (χ4n) is 0.869. The Balaban J connectivity index is 2.72. The summed E-state index contributed by atoms with van der Waals surface area (Å²) in [4.78, 5) is 4.11. The lowest BCUT2D eigenvalue weighted by Gasteiger charge is -2.04. The van der Waals surface area contributed by atoms with E-state index in [-0.39, 0.29) is 0 Å². The molecule has 0 aromatic heterocycles. The average Bonchev–Trinajstić information content (AvgIpc) is 2.05. The summed E-state index contributed by atoms with van der Waals surface area (Å²) in [6.45, 7) is 2.83. The summed E-state index contributed by atoms with van der Waals surface area (Å²) in [5.74, 6) is 0. The van der Waals surface area contributed by atoms with E-state index in [9.17, 15) is 0 Å². The second-order valence-electron chi connectivity index (χ2n) is 2.23. The molecular formula is C8H12N2. The molecule has 0 radical (unpaired) electrons. The van der Waals surface area contributed by atoms with Gasteiger partial charge in [0.1, 0.15) is 0 Å². The van der Waals surface area contributed by atoms with E-state index >= 15 is 0 Å². The Bertz CT molecular complexity index is 199. The predicted octanol–water partition coefficient (Wildman–Crippen LogP) is 1.25. The number of nitrogens with zero attached hydrogens (tertiary/aromatic N) is 1. The van der Waals surface area contributed by atoms with Gasteiger partial charge in [0.25, 0.3) is 0 Å². The highest BCUT2D eigenvalue weighted by atomic mass is 14.7. The van der Waals surface area contributed by atoms with Crippen molar-refractivity contribution >= 4 is 6.21 Å². The van der Waals surface area contributed by atoms with Gasteiger partial charge < -0.3 is 5.73 Å². The molecule has 0 aliphatic carbocycles. The summed E-state index contributed by atoms with van der Waals surface area (Å²) >= 11 is 0. The van der Waals surface area contributed by atoms with Crippen LogP contribution < -0.4 is 5.73 Å². The van der Waals surface area contributed by atoms with E-state index < -0.39 is 0 Å². The van der Waals surface area contributed by atoms with Gasteiger partial charge in [-0.1, -0.05) is 12.2 Å². The van der Waals surface area contributed by atoms with Crippen molar-refractivity contribution in [3.05, 3.63) is 23.4 Å². The average molecular weight is 136 g/mol. The summed E-state index contributed by atoms with van der Waals surface area (Å²) in [6, 6.07) is 0. The van der Waals surface area contributed by atoms with Gasteiger partial charge in [-0.2, -0.15) is 0 Å². The molecule has 54 valence electrons. The Kier molecular flexibility index (Phi) is 2.26. The molecule has 10 heavy (non-hydrogen) atoms. The third-order valence-electron chi connectivity index (χ3n) is 1.50. The SMILES string of the molecule is C/C=C(\N)C1=CCCN=C1. The summed E-state index contributed by atoms with van der Waals surface area (Å²) in [5, 5.41) is 0. The molecule has 0 aromatic carbocycles. The minimum atomic E-state index is 0.823. The third kappa shape index (κ3) is 1.47. The largest absolute Gasteiger partial charge is 0.398 e. The van der Waals surface area contributed by atoms with Crippen LogP contribution in [0.4, 0.5) is 0 Å². The zero-order valence-corrected chi connectivity index (χ0v) is 6.17. The van der Waals surface area contributed by atoms with Crippen molar-refractivity contribution in [3.8, 4) is 0 Å². The number of dihydropyridines is 1. The second-order valence-corrected chi connectivity index (χ2v) is 2.23. The summed E-state index contributed by atoms with van der Waals surface area (Å²) in [7, 11) is 0. The molecule has 0 unspecified atom stereocenters. The minimum absolute atomic E-state index is 0.823. The first-order chi connectivity index (χ1) is 4.84. The Morgan fingerprint density at radius 3 is 3.10 bits per heavy atom. The van der Waals surface area contributed by atoms with Crippen LogP contribution in [-0.4, -0.2) is 12.8 Å². The standard InChI is InChI=1S/C8H12N2/c1-2-8(9)7-4-3-5-10-6-7/h2,4,6H,3,5,9H2,1H3/b8-2-. The number of hydrogen-bond acceptors (Lipinski definition) is 2. The van der Waals surface area contributed by atoms with Crippen molar-refractivity contribution in [2.24, 2.45) is 10.7 Å². The highest BCUT2D eigenvalue weighted by Crippen LogP contribution is 2.06. The van der Waals surface area contributed by atoms with Gasteiger partial charge in [-0.3, -0.25) is 4.99 Å². The molecular weight excluding hydrogens is 124 g/mol. The maximum atomic E-state index is 5.65. The van der Waals surface area contributed by atoms with E-state index in [4.69, 9.17) is 5.73 Å². The zero-order chi connectivity index (χ0) is 7.40. The van der Waals surface area contributed by atoms with Crippen LogP contribution in [0, 0.1) is 0 Å². The van der Waals surface area contributed by atoms with E-state index in [2.05, 4.69) is 11.1 Å². The molecule has 1 heterocycles. The molecule has 0 fully saturated rings. The van der Waals surface area contributed by atoms with Crippen LogP contribution in [0.15, 0.2) is 28.4 Å². The van der Waals surface area contributed by atoms with E-state index in [0.29, 0.717) is 0 Å². The van der Waals surface area contributed by atoms with Crippen molar-refractivity contribution < 1.29 is 0 Å². The fourth-order valence-corrected chi connectivity index (χ4v) is 0.869. The summed E-state index contributed by atoms with van der Waals surface area (Å²) < 4.78 is 0. The van der Waals surface area contributed by atoms with Crippen molar-refractivity contribution in [1.29, 1.82) is 0 Å². The lowest BCUT2D eigenvalue weighted by molar-refractivity contribution is 0.988. The maximum absolute atomic E-state index is 5.65. The van der Waals surface area contributed by atoms with Crippen molar-refractivity contribution in [2.45, 2.75) is 13.3 Å². The van der Waals surface area contributed by atoms with Crippen LogP contribution in [0.5, 0.6) is 0 Å². The molecule has 1 aliphatic heterocycles. The number of nitrogens with two attached hydrogens (primary N) is 1. The minimum Gasteiger partial charge on any atom is -0.398 e. The normalized spacial score (nSPS) is 18.9. The van der Waals surface area contributed by atoms with Gasteiger partial charge in [0, 0.05) is 24.0 Å². The van der Waals surface area contributed by atoms with Crippen LogP contribution in [-0.2, 0) is 0 Å². The highest BCUT2D eigenvalue weighted by molar-refractivity contribution is 5.84. The molecule has 0 saturated heterocycles. The lowest BCUT2D eigenvalue weighted by Crippen LogP contribution is -2.04. The maximum Gasteiger partial charge on any atom is 0.0424 e. The van der Waals surface area contributed by atoms with Crippen LogP contribution in [0.2, 0.25) is 0 Å². The Hall–Kier alpha value is -1.05. The summed E-state index contributed by atoms with van der Waals surface area (Å²) in [5.41, 5.74) is 7.54. The molecule has 1 rings (SSSR count). The van der Waals surface area contributed by atoms with Gasteiger partial charge in [0.15, 0.2) is 0 Å². The monoisotopic (exact) mass is 136 g/mol. The quantitative estimate of drug-likeness (QED) is 0.579. The number of hydrogen-bond donors (Lipinski definition) is 1. The van der Waals surface area contributed by atoms with Gasteiger partial charge in [-0.15, -0.1) is 0 Å². The lowest BCUT2D eigenvalue weighted by atomic mass is 10.1. The highest BCUT2D eigenvalue weighted by Gasteiger charge is 1.98. The third-order valence-corrected chi connectivity index (χ3v) is 1.50. The Morgan fingerprint density at radius 2 is 2.60 bits per heavy atom. The van der Waals surface area contributed by atoms with E-state index in [0.717, 1.165) is 24.2 Å².